The van der Waals surface area contributed by atoms with Crippen LogP contribution in [-0.4, -0.2) is 45.8 Å². The van der Waals surface area contributed by atoms with Crippen LogP contribution < -0.4 is 0 Å². The van der Waals surface area contributed by atoms with Gasteiger partial charge in [0.2, 0.25) is 0 Å². The second-order valence-corrected chi connectivity index (χ2v) is 10.6. The highest BCUT2D eigenvalue weighted by molar-refractivity contribution is 5.22. The number of hydrogen-bond acceptors (Lipinski definition) is 4. The van der Waals surface area contributed by atoms with Crippen molar-refractivity contribution in [1.29, 1.82) is 0 Å². The summed E-state index contributed by atoms with van der Waals surface area (Å²) in [4.78, 5) is 0. The van der Waals surface area contributed by atoms with Crippen LogP contribution in [0.5, 0.6) is 0 Å². The van der Waals surface area contributed by atoms with E-state index >= 15 is 0 Å². The molecule has 1 spiro atoms. The fourth-order valence-corrected chi connectivity index (χ4v) is 5.58. The molecular formula is C25H42O4. The van der Waals surface area contributed by atoms with Crippen LogP contribution in [0.25, 0.3) is 0 Å². The molecule has 0 radical (unpaired) electrons. The van der Waals surface area contributed by atoms with E-state index in [0.29, 0.717) is 30.8 Å². The highest BCUT2D eigenvalue weighted by atomic mass is 16.5. The van der Waals surface area contributed by atoms with Gasteiger partial charge in [-0.3, -0.25) is 0 Å². The van der Waals surface area contributed by atoms with E-state index in [1.165, 1.54) is 44.1 Å². The number of rotatable bonds is 6. The van der Waals surface area contributed by atoms with E-state index in [0.717, 1.165) is 32.3 Å². The van der Waals surface area contributed by atoms with E-state index in [-0.39, 0.29) is 12.2 Å². The molecule has 0 bridgehead atoms. The lowest BCUT2D eigenvalue weighted by Crippen LogP contribution is -2.33. The van der Waals surface area contributed by atoms with Crippen LogP contribution in [0.1, 0.15) is 97.3 Å². The number of ether oxygens (including phenoxy) is 1. The van der Waals surface area contributed by atoms with E-state index in [1.54, 1.807) is 5.57 Å². The maximum atomic E-state index is 9.88. The van der Waals surface area contributed by atoms with Gasteiger partial charge >= 0.3 is 0 Å². The van der Waals surface area contributed by atoms with Gasteiger partial charge < -0.3 is 20.1 Å². The molecule has 0 aliphatic heterocycles. The molecule has 29 heavy (non-hydrogen) atoms. The molecule has 2 atom stereocenters. The fraction of sp³-hybridized carbons (Fsp3) is 0.840. The zero-order valence-corrected chi connectivity index (χ0v) is 18.5. The summed E-state index contributed by atoms with van der Waals surface area (Å²) in [5, 5.41) is 29.6. The molecule has 0 heterocycles. The molecule has 0 aromatic heterocycles. The van der Waals surface area contributed by atoms with Gasteiger partial charge in [0.25, 0.3) is 0 Å². The molecule has 0 saturated heterocycles. The maximum Gasteiger partial charge on any atom is 0.0602 e. The van der Waals surface area contributed by atoms with Gasteiger partial charge in [-0.15, -0.1) is 0 Å². The lowest BCUT2D eigenvalue weighted by atomic mass is 9.63. The lowest BCUT2D eigenvalue weighted by molar-refractivity contribution is -0.0179. The predicted octanol–water partition coefficient (Wildman–Crippen LogP) is 4.82. The van der Waals surface area contributed by atoms with E-state index in [9.17, 15) is 15.3 Å². The fourth-order valence-electron chi connectivity index (χ4n) is 5.58. The predicted molar refractivity (Wildman–Crippen MR) is 117 cm³/mol. The summed E-state index contributed by atoms with van der Waals surface area (Å²) in [5.74, 6) is 0. The Hall–Kier alpha value is -0.680. The van der Waals surface area contributed by atoms with Crippen LogP contribution >= 0.6 is 0 Å². The monoisotopic (exact) mass is 406 g/mol. The Morgan fingerprint density at radius 3 is 2.34 bits per heavy atom. The van der Waals surface area contributed by atoms with Gasteiger partial charge in [0.05, 0.1) is 23.9 Å². The summed E-state index contributed by atoms with van der Waals surface area (Å²) in [6.07, 6.45) is 17.6. The van der Waals surface area contributed by atoms with E-state index in [2.05, 4.69) is 12.2 Å². The number of aliphatic hydroxyl groups excluding tert-OH is 2. The molecule has 4 nitrogen and oxygen atoms in total. The molecular weight excluding hydrogens is 364 g/mol. The third kappa shape index (κ3) is 7.50. The first-order valence-corrected chi connectivity index (χ1v) is 11.8. The van der Waals surface area contributed by atoms with Crippen molar-refractivity contribution in [3.05, 3.63) is 23.3 Å². The number of hydrogen-bond donors (Lipinski definition) is 3. The molecule has 4 heteroatoms. The molecule has 3 rings (SSSR count). The van der Waals surface area contributed by atoms with Crippen LogP contribution in [0.15, 0.2) is 23.3 Å². The Morgan fingerprint density at radius 2 is 1.69 bits per heavy atom. The quantitative estimate of drug-likeness (QED) is 0.553. The van der Waals surface area contributed by atoms with Crippen LogP contribution in [-0.2, 0) is 4.74 Å². The van der Waals surface area contributed by atoms with Crippen molar-refractivity contribution in [2.24, 2.45) is 5.41 Å². The molecule has 0 amide bonds. The maximum absolute atomic E-state index is 9.88. The summed E-state index contributed by atoms with van der Waals surface area (Å²) in [6, 6.07) is 0. The first-order chi connectivity index (χ1) is 13.7. The van der Waals surface area contributed by atoms with Crippen molar-refractivity contribution in [3.8, 4) is 0 Å². The minimum atomic E-state index is -0.589. The third-order valence-electron chi connectivity index (χ3n) is 7.18. The Balaban J connectivity index is 1.46. The molecule has 3 saturated carbocycles. The van der Waals surface area contributed by atoms with Crippen LogP contribution in [0.4, 0.5) is 0 Å². The molecule has 3 aliphatic carbocycles. The average Bonchev–Trinajstić information content (AvgIpc) is 2.64. The Bertz CT molecular complexity index is 566. The standard InChI is InChI=1S/C25H42O4/c1-24(2,28)10-4-14-29-23-8-12-25(13-9-23)11-3-5-19(18-25)6-7-20-15-21(26)17-22(27)16-20/h6-7,21-23,26-28H,3-5,8-18H2,1-2H3/b19-6+,20-7?/t21-,22+,23?,25?. The highest BCUT2D eigenvalue weighted by Gasteiger charge is 2.37. The van der Waals surface area contributed by atoms with Crippen molar-refractivity contribution < 1.29 is 20.1 Å². The summed E-state index contributed by atoms with van der Waals surface area (Å²) in [7, 11) is 0. The second-order valence-electron chi connectivity index (χ2n) is 10.6. The molecule has 3 fully saturated rings. The topological polar surface area (TPSA) is 69.9 Å². The Morgan fingerprint density at radius 1 is 1.03 bits per heavy atom. The van der Waals surface area contributed by atoms with E-state index < -0.39 is 5.60 Å². The largest absolute Gasteiger partial charge is 0.393 e. The van der Waals surface area contributed by atoms with Gasteiger partial charge in [-0.25, -0.2) is 0 Å². The second kappa shape index (κ2) is 10.1. The normalized spacial score (nSPS) is 36.8. The van der Waals surface area contributed by atoms with Crippen molar-refractivity contribution in [1.82, 2.24) is 0 Å². The minimum Gasteiger partial charge on any atom is -0.393 e. The summed E-state index contributed by atoms with van der Waals surface area (Å²) >= 11 is 0. The van der Waals surface area contributed by atoms with Crippen molar-refractivity contribution >= 4 is 0 Å². The highest BCUT2D eigenvalue weighted by Crippen LogP contribution is 2.49. The summed E-state index contributed by atoms with van der Waals surface area (Å²) in [5.41, 5.74) is 2.60. The number of aliphatic hydroxyl groups is 3. The van der Waals surface area contributed by atoms with Crippen molar-refractivity contribution in [2.45, 2.75) is 121 Å². The van der Waals surface area contributed by atoms with Crippen LogP contribution in [0, 0.1) is 5.41 Å². The van der Waals surface area contributed by atoms with Crippen LogP contribution in [0.2, 0.25) is 0 Å². The van der Waals surface area contributed by atoms with Gasteiger partial charge in [0.1, 0.15) is 0 Å². The van der Waals surface area contributed by atoms with Gasteiger partial charge in [0.15, 0.2) is 0 Å². The minimum absolute atomic E-state index is 0.389. The Labute approximate surface area is 177 Å². The molecule has 3 N–H and O–H groups in total. The van der Waals surface area contributed by atoms with Crippen molar-refractivity contribution in [3.63, 3.8) is 0 Å². The van der Waals surface area contributed by atoms with Gasteiger partial charge in [-0.05, 0) is 103 Å². The van der Waals surface area contributed by atoms with E-state index in [4.69, 9.17) is 4.74 Å². The van der Waals surface area contributed by atoms with E-state index in [1.807, 2.05) is 13.8 Å². The Kier molecular flexibility index (Phi) is 8.00. The van der Waals surface area contributed by atoms with Crippen molar-refractivity contribution in [2.75, 3.05) is 6.61 Å². The smallest absolute Gasteiger partial charge is 0.0602 e. The molecule has 0 unspecified atom stereocenters. The van der Waals surface area contributed by atoms with Crippen LogP contribution in [0.3, 0.4) is 0 Å². The molecule has 3 aliphatic rings. The molecule has 166 valence electrons. The van der Waals surface area contributed by atoms with Gasteiger partial charge in [-0.1, -0.05) is 23.3 Å². The first kappa shape index (κ1) is 23.0. The zero-order valence-electron chi connectivity index (χ0n) is 18.5. The average molecular weight is 407 g/mol. The van der Waals surface area contributed by atoms with Gasteiger partial charge in [-0.2, -0.15) is 0 Å². The summed E-state index contributed by atoms with van der Waals surface area (Å²) < 4.78 is 6.10. The molecule has 0 aromatic carbocycles. The third-order valence-corrected chi connectivity index (χ3v) is 7.18. The molecule has 0 aromatic rings. The number of allylic oxidation sites excluding steroid dienone is 3. The SMILES string of the molecule is CC(C)(O)CCCOC1CCC2(CCC/C(=C\C=C3C[C@@H](O)C[C@@H](O)C3)C2)CC1. The van der Waals surface area contributed by atoms with Gasteiger partial charge in [0, 0.05) is 6.61 Å². The zero-order chi connectivity index (χ0) is 20.9. The summed E-state index contributed by atoms with van der Waals surface area (Å²) in [6.45, 7) is 4.48. The first-order valence-electron chi connectivity index (χ1n) is 11.8. The lowest BCUT2D eigenvalue weighted by Gasteiger charge is -2.43.